The molecule has 1 fully saturated rings. The number of hydrogen-bond donors (Lipinski definition) is 1. The molecule has 1 aromatic rings. The van der Waals surface area contributed by atoms with Crippen LogP contribution >= 0.6 is 11.3 Å². The highest BCUT2D eigenvalue weighted by molar-refractivity contribution is 7.10. The summed E-state index contributed by atoms with van der Waals surface area (Å²) >= 11 is 1.58. The number of aryl methyl sites for hydroxylation is 1. The molecule has 0 aromatic carbocycles. The zero-order valence-corrected chi connectivity index (χ0v) is 13.4. The summed E-state index contributed by atoms with van der Waals surface area (Å²) in [5, 5.41) is 12.4. The van der Waals surface area contributed by atoms with Gasteiger partial charge in [0.25, 0.3) is 0 Å². The van der Waals surface area contributed by atoms with Crippen LogP contribution in [0, 0.1) is 12.8 Å². The average molecular weight is 297 g/mol. The maximum absolute atomic E-state index is 12.0. The minimum Gasteiger partial charge on any atom is -0.444 e. The molecule has 0 radical (unpaired) electrons. The van der Waals surface area contributed by atoms with Crippen LogP contribution in [0.5, 0.6) is 0 Å². The van der Waals surface area contributed by atoms with Crippen LogP contribution in [0.3, 0.4) is 0 Å². The van der Waals surface area contributed by atoms with Crippen molar-refractivity contribution in [3.05, 3.63) is 21.9 Å². The molecule has 5 heteroatoms. The lowest BCUT2D eigenvalue weighted by Crippen LogP contribution is -2.35. The van der Waals surface area contributed by atoms with Crippen LogP contribution in [-0.2, 0) is 4.74 Å². The van der Waals surface area contributed by atoms with E-state index in [0.717, 1.165) is 16.9 Å². The first-order valence-electron chi connectivity index (χ1n) is 6.98. The predicted molar refractivity (Wildman–Crippen MR) is 79.9 cm³/mol. The summed E-state index contributed by atoms with van der Waals surface area (Å²) in [4.78, 5) is 14.7. The number of amides is 1. The van der Waals surface area contributed by atoms with Gasteiger partial charge in [0.05, 0.1) is 6.10 Å². The number of hydrogen-bond acceptors (Lipinski definition) is 4. The van der Waals surface area contributed by atoms with Crippen molar-refractivity contribution < 1.29 is 14.6 Å². The first-order chi connectivity index (χ1) is 9.28. The van der Waals surface area contributed by atoms with Gasteiger partial charge < -0.3 is 14.7 Å². The minimum absolute atomic E-state index is 0.0971. The smallest absolute Gasteiger partial charge is 0.410 e. The van der Waals surface area contributed by atoms with Crippen LogP contribution in [0.2, 0.25) is 0 Å². The Hall–Kier alpha value is -1.07. The lowest BCUT2D eigenvalue weighted by molar-refractivity contribution is 0.0269. The van der Waals surface area contributed by atoms with E-state index in [2.05, 4.69) is 0 Å². The quantitative estimate of drug-likeness (QED) is 0.910. The Bertz CT molecular complexity index is 478. The van der Waals surface area contributed by atoms with E-state index in [1.54, 1.807) is 16.2 Å². The average Bonchev–Trinajstić information content (AvgIpc) is 2.94. The number of likely N-dealkylation sites (tertiary alicyclic amines) is 1. The Morgan fingerprint density at radius 3 is 2.80 bits per heavy atom. The van der Waals surface area contributed by atoms with Crippen LogP contribution in [0.15, 0.2) is 11.4 Å². The molecule has 2 atom stereocenters. The van der Waals surface area contributed by atoms with Crippen molar-refractivity contribution in [3.8, 4) is 0 Å². The molecule has 0 spiro atoms. The lowest BCUT2D eigenvalue weighted by Gasteiger charge is -2.25. The molecule has 0 aliphatic carbocycles. The topological polar surface area (TPSA) is 49.8 Å². The molecule has 0 saturated carbocycles. The van der Waals surface area contributed by atoms with Gasteiger partial charge >= 0.3 is 6.09 Å². The number of aliphatic hydroxyl groups excluding tert-OH is 1. The van der Waals surface area contributed by atoms with Gasteiger partial charge in [-0.15, -0.1) is 11.3 Å². The van der Waals surface area contributed by atoms with Gasteiger partial charge in [0.1, 0.15) is 5.60 Å². The van der Waals surface area contributed by atoms with Crippen molar-refractivity contribution in [1.82, 2.24) is 4.90 Å². The van der Waals surface area contributed by atoms with Crippen molar-refractivity contribution in [3.63, 3.8) is 0 Å². The fourth-order valence-electron chi connectivity index (χ4n) is 2.44. The second-order valence-corrected chi connectivity index (χ2v) is 7.34. The van der Waals surface area contributed by atoms with Crippen LogP contribution in [0.4, 0.5) is 4.79 Å². The zero-order valence-electron chi connectivity index (χ0n) is 12.5. The first-order valence-corrected chi connectivity index (χ1v) is 7.86. The maximum Gasteiger partial charge on any atom is 0.410 e. The van der Waals surface area contributed by atoms with E-state index in [1.807, 2.05) is 39.1 Å². The van der Waals surface area contributed by atoms with Crippen LogP contribution in [-0.4, -0.2) is 34.8 Å². The third-order valence-electron chi connectivity index (χ3n) is 3.49. The van der Waals surface area contributed by atoms with Crippen molar-refractivity contribution in [2.24, 2.45) is 5.92 Å². The normalized spacial score (nSPS) is 21.1. The maximum atomic E-state index is 12.0. The molecule has 112 valence electrons. The largest absolute Gasteiger partial charge is 0.444 e. The van der Waals surface area contributed by atoms with Crippen molar-refractivity contribution in [2.75, 3.05) is 13.1 Å². The van der Waals surface area contributed by atoms with Crippen molar-refractivity contribution >= 4 is 17.4 Å². The molecule has 1 aliphatic heterocycles. The van der Waals surface area contributed by atoms with E-state index in [-0.39, 0.29) is 12.0 Å². The number of rotatable bonds is 2. The SMILES string of the molecule is Cc1ccsc1C(O)C1CCN(C(=O)OC(C)(C)C)C1. The highest BCUT2D eigenvalue weighted by Gasteiger charge is 2.34. The van der Waals surface area contributed by atoms with Gasteiger partial charge in [-0.2, -0.15) is 0 Å². The van der Waals surface area contributed by atoms with Gasteiger partial charge in [-0.3, -0.25) is 0 Å². The Labute approximate surface area is 124 Å². The summed E-state index contributed by atoms with van der Waals surface area (Å²) in [6.45, 7) is 8.82. The molecule has 0 bridgehead atoms. The van der Waals surface area contributed by atoms with E-state index in [9.17, 15) is 9.90 Å². The number of thiophene rings is 1. The monoisotopic (exact) mass is 297 g/mol. The molecule has 2 rings (SSSR count). The fraction of sp³-hybridized carbons (Fsp3) is 0.667. The summed E-state index contributed by atoms with van der Waals surface area (Å²) in [6.07, 6.45) is 0.0510. The molecular formula is C15H23NO3S. The molecule has 4 nitrogen and oxygen atoms in total. The number of nitrogens with zero attached hydrogens (tertiary/aromatic N) is 1. The molecule has 1 saturated heterocycles. The Morgan fingerprint density at radius 1 is 1.55 bits per heavy atom. The highest BCUT2D eigenvalue weighted by atomic mass is 32.1. The van der Waals surface area contributed by atoms with Gasteiger partial charge in [0.2, 0.25) is 0 Å². The van der Waals surface area contributed by atoms with E-state index in [4.69, 9.17) is 4.74 Å². The van der Waals surface area contributed by atoms with E-state index < -0.39 is 11.7 Å². The molecule has 20 heavy (non-hydrogen) atoms. The molecular weight excluding hydrogens is 274 g/mol. The standard InChI is InChI=1S/C15H23NO3S/c1-10-6-8-20-13(10)12(17)11-5-7-16(9-11)14(18)19-15(2,3)4/h6,8,11-12,17H,5,7,9H2,1-4H3. The van der Waals surface area contributed by atoms with Crippen LogP contribution in [0.1, 0.15) is 43.7 Å². The summed E-state index contributed by atoms with van der Waals surface area (Å²) in [5.74, 6) is 0.0971. The third kappa shape index (κ3) is 3.52. The van der Waals surface area contributed by atoms with Crippen molar-refractivity contribution in [2.45, 2.75) is 45.8 Å². The van der Waals surface area contributed by atoms with E-state index >= 15 is 0 Å². The Kier molecular flexibility index (Phi) is 4.39. The highest BCUT2D eigenvalue weighted by Crippen LogP contribution is 2.34. The van der Waals surface area contributed by atoms with Gasteiger partial charge in [0, 0.05) is 23.9 Å². The molecule has 1 N–H and O–H groups in total. The van der Waals surface area contributed by atoms with Gasteiger partial charge in [0.15, 0.2) is 0 Å². The summed E-state index contributed by atoms with van der Waals surface area (Å²) in [6, 6.07) is 2.02. The number of carbonyl (C=O) groups is 1. The Morgan fingerprint density at radius 2 is 2.25 bits per heavy atom. The second kappa shape index (κ2) is 5.74. The molecule has 1 aromatic heterocycles. The Balaban J connectivity index is 1.95. The second-order valence-electron chi connectivity index (χ2n) is 6.39. The number of ether oxygens (including phenoxy) is 1. The molecule has 1 aliphatic rings. The van der Waals surface area contributed by atoms with Crippen LogP contribution in [0.25, 0.3) is 0 Å². The fourth-order valence-corrected chi connectivity index (χ4v) is 3.44. The molecule has 1 amide bonds. The summed E-state index contributed by atoms with van der Waals surface area (Å²) in [5.41, 5.74) is 0.649. The molecule has 2 unspecified atom stereocenters. The van der Waals surface area contributed by atoms with E-state index in [1.165, 1.54) is 0 Å². The third-order valence-corrected chi connectivity index (χ3v) is 4.58. The van der Waals surface area contributed by atoms with Gasteiger partial charge in [-0.05, 0) is 51.1 Å². The van der Waals surface area contributed by atoms with Crippen LogP contribution < -0.4 is 0 Å². The summed E-state index contributed by atoms with van der Waals surface area (Å²) in [7, 11) is 0. The lowest BCUT2D eigenvalue weighted by atomic mass is 9.99. The predicted octanol–water partition coefficient (Wildman–Crippen LogP) is 3.35. The minimum atomic E-state index is -0.484. The summed E-state index contributed by atoms with van der Waals surface area (Å²) < 4.78 is 5.37. The number of aliphatic hydroxyl groups is 1. The number of carbonyl (C=O) groups excluding carboxylic acids is 1. The van der Waals surface area contributed by atoms with E-state index in [0.29, 0.717) is 13.1 Å². The zero-order chi connectivity index (χ0) is 14.9. The first kappa shape index (κ1) is 15.3. The molecule has 2 heterocycles. The van der Waals surface area contributed by atoms with Gasteiger partial charge in [-0.1, -0.05) is 0 Å². The van der Waals surface area contributed by atoms with Crippen molar-refractivity contribution in [1.29, 1.82) is 0 Å². The van der Waals surface area contributed by atoms with Gasteiger partial charge in [-0.25, -0.2) is 4.79 Å².